The van der Waals surface area contributed by atoms with Crippen molar-refractivity contribution in [3.05, 3.63) is 46.4 Å². The number of hydrogen-bond acceptors (Lipinski definition) is 6. The van der Waals surface area contributed by atoms with Crippen LogP contribution in [0.3, 0.4) is 0 Å². The highest BCUT2D eigenvalue weighted by atomic mass is 32.2. The Kier molecular flexibility index (Phi) is 4.82. The molecule has 1 saturated heterocycles. The van der Waals surface area contributed by atoms with Crippen LogP contribution in [-0.2, 0) is 11.3 Å². The van der Waals surface area contributed by atoms with E-state index in [0.717, 1.165) is 5.69 Å². The highest BCUT2D eigenvalue weighted by Gasteiger charge is 2.32. The predicted molar refractivity (Wildman–Crippen MR) is 104 cm³/mol. The van der Waals surface area contributed by atoms with Gasteiger partial charge in [0.25, 0.3) is 5.56 Å². The molecular formula is C19H22N4O3S. The SMILES string of the molecule is Cc1cnc2n(c1=O)C[C@@H](C(=O)N1CCN(c3ccccc3O)CC1)CS2. The first-order valence-electron chi connectivity index (χ1n) is 9.05. The summed E-state index contributed by atoms with van der Waals surface area (Å²) in [6.45, 7) is 4.73. The summed E-state index contributed by atoms with van der Waals surface area (Å²) in [5, 5.41) is 10.7. The summed E-state index contributed by atoms with van der Waals surface area (Å²) in [7, 11) is 0. The Bertz CT molecular complexity index is 921. The molecule has 8 heteroatoms. The molecule has 0 radical (unpaired) electrons. The molecular weight excluding hydrogens is 364 g/mol. The second-order valence-corrected chi connectivity index (χ2v) is 7.94. The number of piperazine rings is 1. The van der Waals surface area contributed by atoms with Gasteiger partial charge in [0.15, 0.2) is 5.16 Å². The predicted octanol–water partition coefficient (Wildman–Crippen LogP) is 1.33. The highest BCUT2D eigenvalue weighted by molar-refractivity contribution is 7.99. The molecule has 1 N–H and O–H groups in total. The number of aromatic hydroxyl groups is 1. The van der Waals surface area contributed by atoms with Gasteiger partial charge in [-0.2, -0.15) is 0 Å². The van der Waals surface area contributed by atoms with E-state index in [9.17, 15) is 14.7 Å². The van der Waals surface area contributed by atoms with Crippen molar-refractivity contribution in [3.8, 4) is 5.75 Å². The van der Waals surface area contributed by atoms with E-state index in [4.69, 9.17) is 0 Å². The molecule has 1 fully saturated rings. The summed E-state index contributed by atoms with van der Waals surface area (Å²) in [6.07, 6.45) is 1.60. The van der Waals surface area contributed by atoms with Crippen LogP contribution in [0.4, 0.5) is 5.69 Å². The molecule has 2 aliphatic rings. The number of aromatic nitrogens is 2. The quantitative estimate of drug-likeness (QED) is 0.785. The number of anilines is 1. The minimum Gasteiger partial charge on any atom is -0.506 e. The van der Waals surface area contributed by atoms with Gasteiger partial charge in [-0.25, -0.2) is 4.98 Å². The van der Waals surface area contributed by atoms with E-state index >= 15 is 0 Å². The van der Waals surface area contributed by atoms with Gasteiger partial charge in [-0.15, -0.1) is 0 Å². The fraction of sp³-hybridized carbons (Fsp3) is 0.421. The summed E-state index contributed by atoms with van der Waals surface area (Å²) in [4.78, 5) is 33.6. The molecule has 1 aromatic heterocycles. The number of hydrogen-bond donors (Lipinski definition) is 1. The van der Waals surface area contributed by atoms with Crippen LogP contribution in [0.1, 0.15) is 5.56 Å². The second kappa shape index (κ2) is 7.26. The van der Waals surface area contributed by atoms with E-state index in [1.807, 2.05) is 17.0 Å². The van der Waals surface area contributed by atoms with Gasteiger partial charge in [-0.1, -0.05) is 23.9 Å². The Morgan fingerprint density at radius 1 is 1.22 bits per heavy atom. The van der Waals surface area contributed by atoms with Gasteiger partial charge in [0.2, 0.25) is 5.91 Å². The maximum absolute atomic E-state index is 13.0. The Hall–Kier alpha value is -2.48. The zero-order valence-corrected chi connectivity index (χ0v) is 16.0. The second-order valence-electron chi connectivity index (χ2n) is 6.95. The van der Waals surface area contributed by atoms with Gasteiger partial charge >= 0.3 is 0 Å². The average Bonchev–Trinajstić information content (AvgIpc) is 2.71. The molecule has 3 heterocycles. The van der Waals surface area contributed by atoms with Crippen LogP contribution in [-0.4, -0.2) is 57.4 Å². The van der Waals surface area contributed by atoms with Crippen molar-refractivity contribution in [3.63, 3.8) is 0 Å². The Morgan fingerprint density at radius 3 is 2.70 bits per heavy atom. The molecule has 0 bridgehead atoms. The summed E-state index contributed by atoms with van der Waals surface area (Å²) >= 11 is 1.47. The van der Waals surface area contributed by atoms with Crippen molar-refractivity contribution in [2.45, 2.75) is 18.6 Å². The number of benzene rings is 1. The first-order valence-corrected chi connectivity index (χ1v) is 10.0. The maximum atomic E-state index is 13.0. The highest BCUT2D eigenvalue weighted by Crippen LogP contribution is 2.29. The van der Waals surface area contributed by atoms with Gasteiger partial charge in [-0.3, -0.25) is 14.2 Å². The zero-order chi connectivity index (χ0) is 19.0. The number of aryl methyl sites for hydroxylation is 1. The van der Waals surface area contributed by atoms with Crippen molar-refractivity contribution >= 4 is 23.4 Å². The molecule has 1 atom stereocenters. The lowest BCUT2D eigenvalue weighted by Crippen LogP contribution is -2.52. The number of nitrogens with zero attached hydrogens (tertiary/aromatic N) is 4. The largest absolute Gasteiger partial charge is 0.506 e. The van der Waals surface area contributed by atoms with Crippen LogP contribution in [0.2, 0.25) is 0 Å². The fourth-order valence-electron chi connectivity index (χ4n) is 3.61. The molecule has 2 aliphatic heterocycles. The lowest BCUT2D eigenvalue weighted by molar-refractivity contribution is -0.135. The minimum absolute atomic E-state index is 0.0608. The number of rotatable bonds is 2. The number of fused-ring (bicyclic) bond motifs is 1. The van der Waals surface area contributed by atoms with Crippen LogP contribution in [0.15, 0.2) is 40.4 Å². The van der Waals surface area contributed by atoms with E-state index in [0.29, 0.717) is 49.2 Å². The third-order valence-electron chi connectivity index (χ3n) is 5.16. The van der Waals surface area contributed by atoms with Crippen molar-refractivity contribution in [2.75, 3.05) is 36.8 Å². The van der Waals surface area contributed by atoms with Gasteiger partial charge in [-0.05, 0) is 19.1 Å². The monoisotopic (exact) mass is 386 g/mol. The molecule has 2 aromatic rings. The third kappa shape index (κ3) is 3.41. The summed E-state index contributed by atoms with van der Waals surface area (Å²) in [5.41, 5.74) is 1.35. The van der Waals surface area contributed by atoms with Gasteiger partial charge in [0, 0.05) is 50.2 Å². The Labute approximate surface area is 161 Å². The molecule has 4 rings (SSSR count). The van der Waals surface area contributed by atoms with E-state index in [2.05, 4.69) is 9.88 Å². The summed E-state index contributed by atoms with van der Waals surface area (Å²) in [5.74, 6) is 0.798. The molecule has 0 saturated carbocycles. The topological polar surface area (TPSA) is 78.7 Å². The van der Waals surface area contributed by atoms with E-state index in [-0.39, 0.29) is 23.1 Å². The molecule has 1 amide bonds. The lowest BCUT2D eigenvalue weighted by atomic mass is 10.1. The molecule has 0 aliphatic carbocycles. The van der Waals surface area contributed by atoms with Crippen LogP contribution < -0.4 is 10.5 Å². The Balaban J connectivity index is 1.42. The van der Waals surface area contributed by atoms with Crippen LogP contribution in [0.5, 0.6) is 5.75 Å². The van der Waals surface area contributed by atoms with Crippen molar-refractivity contribution in [2.24, 2.45) is 5.92 Å². The molecule has 0 spiro atoms. The standard InChI is InChI=1S/C19H22N4O3S/c1-13-10-20-19-23(17(13)25)11-14(12-27-19)18(26)22-8-6-21(7-9-22)15-4-2-3-5-16(15)24/h2-5,10,14,24H,6-9,11-12H2,1H3/t14-/m1/s1. The first kappa shape index (κ1) is 17.9. The normalized spacial score (nSPS) is 19.7. The molecule has 142 valence electrons. The van der Waals surface area contributed by atoms with Crippen LogP contribution in [0.25, 0.3) is 0 Å². The molecule has 1 aromatic carbocycles. The van der Waals surface area contributed by atoms with Crippen molar-refractivity contribution in [1.29, 1.82) is 0 Å². The van der Waals surface area contributed by atoms with E-state index < -0.39 is 0 Å². The minimum atomic E-state index is -0.208. The number of carbonyl (C=O) groups is 1. The maximum Gasteiger partial charge on any atom is 0.257 e. The molecule has 0 unspecified atom stereocenters. The number of thioether (sulfide) groups is 1. The molecule has 7 nitrogen and oxygen atoms in total. The first-order chi connectivity index (χ1) is 13.0. The number of para-hydroxylation sites is 2. The number of phenols is 1. The zero-order valence-electron chi connectivity index (χ0n) is 15.2. The number of carbonyl (C=O) groups excluding carboxylic acids is 1. The van der Waals surface area contributed by atoms with Gasteiger partial charge in [0.1, 0.15) is 5.75 Å². The fourth-order valence-corrected chi connectivity index (χ4v) is 4.65. The van der Waals surface area contributed by atoms with Gasteiger partial charge < -0.3 is 14.9 Å². The lowest BCUT2D eigenvalue weighted by Gasteiger charge is -2.38. The average molecular weight is 386 g/mol. The van der Waals surface area contributed by atoms with Crippen molar-refractivity contribution < 1.29 is 9.90 Å². The van der Waals surface area contributed by atoms with Gasteiger partial charge in [0.05, 0.1) is 11.6 Å². The van der Waals surface area contributed by atoms with E-state index in [1.54, 1.807) is 29.8 Å². The van der Waals surface area contributed by atoms with E-state index in [1.165, 1.54) is 11.8 Å². The molecule has 27 heavy (non-hydrogen) atoms. The number of phenolic OH excluding ortho intramolecular Hbond substituents is 1. The van der Waals surface area contributed by atoms with Crippen LogP contribution in [0, 0.1) is 12.8 Å². The number of amides is 1. The third-order valence-corrected chi connectivity index (χ3v) is 6.31. The van der Waals surface area contributed by atoms with Crippen LogP contribution >= 0.6 is 11.8 Å². The Morgan fingerprint density at radius 2 is 1.96 bits per heavy atom. The summed E-state index contributed by atoms with van der Waals surface area (Å²) < 4.78 is 1.63. The van der Waals surface area contributed by atoms with Crippen molar-refractivity contribution in [1.82, 2.24) is 14.5 Å². The summed E-state index contributed by atoms with van der Waals surface area (Å²) in [6, 6.07) is 7.27. The smallest absolute Gasteiger partial charge is 0.257 e.